The molecule has 6 nitrogen and oxygen atoms in total. The highest BCUT2D eigenvalue weighted by Crippen LogP contribution is 2.22. The number of sulfone groups is 1. The first-order chi connectivity index (χ1) is 13.3. The SMILES string of the molecule is CCN(CC)CCN(C(=O)Cn1c(C)cc2ccccc21)C1CCS(=O)(=O)C1. The molecule has 1 aromatic heterocycles. The van der Waals surface area contributed by atoms with Gasteiger partial charge in [0.15, 0.2) is 9.84 Å². The van der Waals surface area contributed by atoms with Crippen molar-refractivity contribution in [1.29, 1.82) is 0 Å². The summed E-state index contributed by atoms with van der Waals surface area (Å²) in [7, 11) is -3.04. The molecule has 2 heterocycles. The second-order valence-corrected chi connectivity index (χ2v) is 9.83. The number of benzene rings is 1. The van der Waals surface area contributed by atoms with Crippen molar-refractivity contribution in [3.8, 4) is 0 Å². The summed E-state index contributed by atoms with van der Waals surface area (Å²) >= 11 is 0. The predicted molar refractivity (Wildman–Crippen MR) is 113 cm³/mol. The maximum absolute atomic E-state index is 13.3. The monoisotopic (exact) mass is 405 g/mol. The van der Waals surface area contributed by atoms with Gasteiger partial charge in [0.2, 0.25) is 5.91 Å². The van der Waals surface area contributed by atoms with Gasteiger partial charge in [-0.15, -0.1) is 0 Å². The lowest BCUT2D eigenvalue weighted by molar-refractivity contribution is -0.133. The van der Waals surface area contributed by atoms with E-state index in [0.717, 1.165) is 36.2 Å². The Morgan fingerprint density at radius 1 is 1.18 bits per heavy atom. The van der Waals surface area contributed by atoms with Crippen LogP contribution in [0.5, 0.6) is 0 Å². The Labute approximate surface area is 168 Å². The van der Waals surface area contributed by atoms with E-state index in [2.05, 4.69) is 24.8 Å². The molecule has 1 atom stereocenters. The number of para-hydroxylation sites is 1. The Morgan fingerprint density at radius 3 is 2.54 bits per heavy atom. The fourth-order valence-corrected chi connectivity index (χ4v) is 5.84. The Hall–Kier alpha value is -1.86. The molecule has 28 heavy (non-hydrogen) atoms. The number of carbonyl (C=O) groups is 1. The molecule has 1 aliphatic heterocycles. The quantitative estimate of drug-likeness (QED) is 0.676. The lowest BCUT2D eigenvalue weighted by Gasteiger charge is -2.31. The van der Waals surface area contributed by atoms with Gasteiger partial charge >= 0.3 is 0 Å². The van der Waals surface area contributed by atoms with Crippen LogP contribution in [0.4, 0.5) is 0 Å². The Morgan fingerprint density at radius 2 is 1.89 bits per heavy atom. The number of carbonyl (C=O) groups excluding carboxylic acids is 1. The number of aryl methyl sites for hydroxylation is 1. The molecule has 154 valence electrons. The minimum absolute atomic E-state index is 0.00120. The van der Waals surface area contributed by atoms with Gasteiger partial charge in [0.05, 0.1) is 11.5 Å². The van der Waals surface area contributed by atoms with Gasteiger partial charge < -0.3 is 14.4 Å². The van der Waals surface area contributed by atoms with Gasteiger partial charge in [-0.1, -0.05) is 32.0 Å². The third-order valence-electron chi connectivity index (χ3n) is 5.83. The van der Waals surface area contributed by atoms with E-state index in [1.54, 1.807) is 0 Å². The third kappa shape index (κ3) is 4.58. The van der Waals surface area contributed by atoms with Crippen LogP contribution in [-0.4, -0.2) is 72.4 Å². The molecule has 0 N–H and O–H groups in total. The van der Waals surface area contributed by atoms with Crippen molar-refractivity contribution in [2.45, 2.75) is 39.8 Å². The van der Waals surface area contributed by atoms with Crippen LogP contribution in [0.3, 0.4) is 0 Å². The first-order valence-corrected chi connectivity index (χ1v) is 11.9. The summed E-state index contributed by atoms with van der Waals surface area (Å²) in [5, 5.41) is 1.12. The number of rotatable bonds is 8. The van der Waals surface area contributed by atoms with E-state index in [9.17, 15) is 13.2 Å². The van der Waals surface area contributed by atoms with Crippen LogP contribution in [0, 0.1) is 6.92 Å². The van der Waals surface area contributed by atoms with Crippen molar-refractivity contribution in [2.24, 2.45) is 0 Å². The van der Waals surface area contributed by atoms with Crippen molar-refractivity contribution in [3.05, 3.63) is 36.0 Å². The van der Waals surface area contributed by atoms with Gasteiger partial charge in [0.25, 0.3) is 0 Å². The number of amides is 1. The van der Waals surface area contributed by atoms with Crippen molar-refractivity contribution >= 4 is 26.6 Å². The highest BCUT2D eigenvalue weighted by Gasteiger charge is 2.34. The molecule has 1 aliphatic rings. The van der Waals surface area contributed by atoms with E-state index in [1.807, 2.05) is 40.7 Å². The van der Waals surface area contributed by atoms with Crippen LogP contribution >= 0.6 is 0 Å². The second-order valence-electron chi connectivity index (χ2n) is 7.60. The van der Waals surface area contributed by atoms with E-state index in [4.69, 9.17) is 0 Å². The maximum Gasteiger partial charge on any atom is 0.242 e. The molecule has 0 radical (unpaired) electrons. The van der Waals surface area contributed by atoms with E-state index in [1.165, 1.54) is 0 Å². The van der Waals surface area contributed by atoms with Gasteiger partial charge in [-0.05, 0) is 44.0 Å². The van der Waals surface area contributed by atoms with Crippen molar-refractivity contribution in [2.75, 3.05) is 37.7 Å². The summed E-state index contributed by atoms with van der Waals surface area (Å²) in [6.45, 7) is 9.63. The second kappa shape index (κ2) is 8.66. The molecule has 0 aliphatic carbocycles. The van der Waals surface area contributed by atoms with E-state index >= 15 is 0 Å². The molecule has 1 unspecified atom stereocenters. The molecular weight excluding hydrogens is 374 g/mol. The van der Waals surface area contributed by atoms with Crippen LogP contribution in [0.1, 0.15) is 26.0 Å². The lowest BCUT2D eigenvalue weighted by Crippen LogP contribution is -2.46. The zero-order valence-corrected chi connectivity index (χ0v) is 17.9. The standard InChI is InChI=1S/C21H31N3O3S/c1-4-22(5-2)11-12-23(19-10-13-28(26,27)16-19)21(25)15-24-17(3)14-18-8-6-7-9-20(18)24/h6-9,14,19H,4-5,10-13,15-16H2,1-3H3. The summed E-state index contributed by atoms with van der Waals surface area (Å²) in [4.78, 5) is 17.4. The van der Waals surface area contributed by atoms with E-state index in [-0.39, 0.29) is 30.0 Å². The maximum atomic E-state index is 13.3. The predicted octanol–water partition coefficient (Wildman–Crippen LogP) is 2.31. The molecular formula is C21H31N3O3S. The highest BCUT2D eigenvalue weighted by molar-refractivity contribution is 7.91. The van der Waals surface area contributed by atoms with Crippen LogP contribution in [0.2, 0.25) is 0 Å². The van der Waals surface area contributed by atoms with Gasteiger partial charge in [-0.2, -0.15) is 0 Å². The normalized spacial score (nSPS) is 18.8. The largest absolute Gasteiger partial charge is 0.336 e. The first-order valence-electron chi connectivity index (χ1n) is 10.1. The summed E-state index contributed by atoms with van der Waals surface area (Å²) < 4.78 is 26.1. The summed E-state index contributed by atoms with van der Waals surface area (Å²) in [6, 6.07) is 9.91. The van der Waals surface area contributed by atoms with E-state index in [0.29, 0.717) is 13.0 Å². The number of hydrogen-bond acceptors (Lipinski definition) is 4. The Balaban J connectivity index is 1.82. The number of fused-ring (bicyclic) bond motifs is 1. The van der Waals surface area contributed by atoms with Crippen LogP contribution < -0.4 is 0 Å². The van der Waals surface area contributed by atoms with Gasteiger partial charge in [0, 0.05) is 30.3 Å². The number of aromatic nitrogens is 1. The van der Waals surface area contributed by atoms with Crippen LogP contribution in [-0.2, 0) is 21.2 Å². The minimum atomic E-state index is -3.04. The molecule has 2 aromatic rings. The van der Waals surface area contributed by atoms with Gasteiger partial charge in [-0.3, -0.25) is 4.79 Å². The number of hydrogen-bond donors (Lipinski definition) is 0. The molecule has 0 spiro atoms. The molecule has 1 saturated heterocycles. The molecule has 0 saturated carbocycles. The average molecular weight is 406 g/mol. The summed E-state index contributed by atoms with van der Waals surface area (Å²) in [5.74, 6) is 0.263. The number of likely N-dealkylation sites (N-methyl/N-ethyl adjacent to an activating group) is 1. The van der Waals surface area contributed by atoms with Crippen molar-refractivity contribution in [3.63, 3.8) is 0 Å². The average Bonchev–Trinajstić information content (AvgIpc) is 3.18. The fraction of sp³-hybridized carbons (Fsp3) is 0.571. The van der Waals surface area contributed by atoms with Crippen molar-refractivity contribution in [1.82, 2.24) is 14.4 Å². The third-order valence-corrected chi connectivity index (χ3v) is 7.58. The lowest BCUT2D eigenvalue weighted by atomic mass is 10.2. The molecule has 1 amide bonds. The molecule has 0 bridgehead atoms. The van der Waals surface area contributed by atoms with Gasteiger partial charge in [0.1, 0.15) is 6.54 Å². The van der Waals surface area contributed by atoms with Gasteiger partial charge in [-0.25, -0.2) is 8.42 Å². The smallest absolute Gasteiger partial charge is 0.242 e. The number of nitrogens with zero attached hydrogens (tertiary/aromatic N) is 3. The zero-order valence-electron chi connectivity index (χ0n) is 17.1. The Bertz CT molecular complexity index is 932. The zero-order chi connectivity index (χ0) is 20.3. The van der Waals surface area contributed by atoms with Crippen molar-refractivity contribution < 1.29 is 13.2 Å². The molecule has 7 heteroatoms. The first kappa shape index (κ1) is 20.9. The summed E-state index contributed by atoms with van der Waals surface area (Å²) in [6.07, 6.45) is 0.539. The summed E-state index contributed by atoms with van der Waals surface area (Å²) in [5.41, 5.74) is 2.08. The fourth-order valence-electron chi connectivity index (χ4n) is 4.11. The Kier molecular flexibility index (Phi) is 6.45. The minimum Gasteiger partial charge on any atom is -0.336 e. The highest BCUT2D eigenvalue weighted by atomic mass is 32.2. The topological polar surface area (TPSA) is 62.6 Å². The van der Waals surface area contributed by atoms with Crippen LogP contribution in [0.25, 0.3) is 10.9 Å². The molecule has 1 fully saturated rings. The molecule has 3 rings (SSSR count). The van der Waals surface area contributed by atoms with E-state index < -0.39 is 9.84 Å². The molecule has 1 aromatic carbocycles. The van der Waals surface area contributed by atoms with Crippen LogP contribution in [0.15, 0.2) is 30.3 Å².